The Labute approximate surface area is 96.9 Å². The highest BCUT2D eigenvalue weighted by Crippen LogP contribution is 2.17. The second kappa shape index (κ2) is 4.08. The smallest absolute Gasteiger partial charge is 0.339 e. The minimum Gasteiger partial charge on any atom is -0.478 e. The number of pyridine rings is 1. The zero-order valence-corrected chi connectivity index (χ0v) is 9.34. The van der Waals surface area contributed by atoms with Crippen LogP contribution in [0.4, 0.5) is 0 Å². The molecule has 0 aliphatic rings. The van der Waals surface area contributed by atoms with E-state index >= 15 is 0 Å². The van der Waals surface area contributed by atoms with Gasteiger partial charge >= 0.3 is 5.97 Å². The molecule has 6 heteroatoms. The Morgan fingerprint density at radius 2 is 2.27 bits per heavy atom. The maximum atomic E-state index is 10.9. The van der Waals surface area contributed by atoms with Gasteiger partial charge in [0.15, 0.2) is 5.65 Å². The van der Waals surface area contributed by atoms with E-state index in [1.54, 1.807) is 16.8 Å². The van der Waals surface area contributed by atoms with E-state index < -0.39 is 5.97 Å². The number of imidazole rings is 1. The summed E-state index contributed by atoms with van der Waals surface area (Å²) in [7, 11) is 0. The number of carboxylic acid groups (broad SMARTS) is 1. The van der Waals surface area contributed by atoms with Crippen LogP contribution in [0.3, 0.4) is 0 Å². The van der Waals surface area contributed by atoms with Crippen molar-refractivity contribution in [2.45, 2.75) is 6.92 Å². The van der Waals surface area contributed by atoms with Crippen LogP contribution in [0.2, 0.25) is 5.02 Å². The second-order valence-corrected chi connectivity index (χ2v) is 3.41. The molecular formula is C9H8Cl2N2O2. The van der Waals surface area contributed by atoms with E-state index in [2.05, 4.69) is 4.98 Å². The largest absolute Gasteiger partial charge is 0.478 e. The van der Waals surface area contributed by atoms with Crippen LogP contribution in [-0.4, -0.2) is 20.5 Å². The predicted octanol–water partition coefficient (Wildman–Crippen LogP) is 2.42. The van der Waals surface area contributed by atoms with Crippen molar-refractivity contribution >= 4 is 35.6 Å². The molecule has 0 saturated heterocycles. The van der Waals surface area contributed by atoms with Crippen molar-refractivity contribution in [1.82, 2.24) is 9.38 Å². The molecule has 0 aliphatic carbocycles. The number of nitrogens with zero attached hydrogens (tertiary/aromatic N) is 2. The van der Waals surface area contributed by atoms with Crippen molar-refractivity contribution in [3.63, 3.8) is 0 Å². The highest BCUT2D eigenvalue weighted by Gasteiger charge is 2.12. The summed E-state index contributed by atoms with van der Waals surface area (Å²) in [6, 6.07) is 1.39. The Kier molecular flexibility index (Phi) is 3.21. The number of hydrogen-bond acceptors (Lipinski definition) is 2. The number of carboxylic acids is 1. The predicted molar refractivity (Wildman–Crippen MR) is 59.1 cm³/mol. The molecule has 0 atom stereocenters. The molecule has 0 spiro atoms. The van der Waals surface area contributed by atoms with Gasteiger partial charge in [-0.1, -0.05) is 11.6 Å². The van der Waals surface area contributed by atoms with Crippen molar-refractivity contribution in [3.8, 4) is 0 Å². The fourth-order valence-corrected chi connectivity index (χ4v) is 1.54. The van der Waals surface area contributed by atoms with Crippen LogP contribution in [0.15, 0.2) is 18.5 Å². The van der Waals surface area contributed by atoms with E-state index in [0.717, 1.165) is 5.69 Å². The van der Waals surface area contributed by atoms with Gasteiger partial charge in [-0.2, -0.15) is 0 Å². The third-order valence-corrected chi connectivity index (χ3v) is 2.19. The average Bonchev–Trinajstić information content (AvgIpc) is 2.47. The molecule has 0 fully saturated rings. The number of aromatic carboxylic acids is 1. The van der Waals surface area contributed by atoms with Gasteiger partial charge in [-0.3, -0.25) is 0 Å². The van der Waals surface area contributed by atoms with E-state index in [0.29, 0.717) is 10.7 Å². The summed E-state index contributed by atoms with van der Waals surface area (Å²) in [6.07, 6.45) is 3.25. The zero-order valence-electron chi connectivity index (χ0n) is 7.77. The molecule has 2 rings (SSSR count). The van der Waals surface area contributed by atoms with Gasteiger partial charge in [-0.25, -0.2) is 9.78 Å². The molecule has 2 aromatic rings. The molecule has 2 heterocycles. The lowest BCUT2D eigenvalue weighted by Crippen LogP contribution is -2.01. The Morgan fingerprint density at radius 1 is 1.60 bits per heavy atom. The fraction of sp³-hybridized carbons (Fsp3) is 0.111. The average molecular weight is 247 g/mol. The molecule has 80 valence electrons. The monoisotopic (exact) mass is 246 g/mol. The van der Waals surface area contributed by atoms with Gasteiger partial charge in [0, 0.05) is 18.1 Å². The maximum absolute atomic E-state index is 10.9. The Bertz CT molecular complexity index is 522. The molecule has 0 bridgehead atoms. The molecular weight excluding hydrogens is 239 g/mol. The third kappa shape index (κ3) is 1.91. The fourth-order valence-electron chi connectivity index (χ4n) is 1.33. The van der Waals surface area contributed by atoms with Crippen molar-refractivity contribution in [1.29, 1.82) is 0 Å². The Morgan fingerprint density at radius 3 is 2.87 bits per heavy atom. The van der Waals surface area contributed by atoms with E-state index in [-0.39, 0.29) is 18.0 Å². The molecule has 0 unspecified atom stereocenters. The van der Waals surface area contributed by atoms with Crippen LogP contribution in [0.5, 0.6) is 0 Å². The van der Waals surface area contributed by atoms with Crippen LogP contribution < -0.4 is 0 Å². The lowest BCUT2D eigenvalue weighted by Gasteiger charge is -2.01. The van der Waals surface area contributed by atoms with Gasteiger partial charge in [-0.15, -0.1) is 12.4 Å². The molecule has 0 radical (unpaired) electrons. The maximum Gasteiger partial charge on any atom is 0.339 e. The topological polar surface area (TPSA) is 54.6 Å². The number of fused-ring (bicyclic) bond motifs is 1. The first-order valence-electron chi connectivity index (χ1n) is 3.96. The molecule has 0 aliphatic heterocycles. The van der Waals surface area contributed by atoms with Crippen LogP contribution in [0.25, 0.3) is 5.65 Å². The van der Waals surface area contributed by atoms with E-state index in [9.17, 15) is 4.79 Å². The summed E-state index contributed by atoms with van der Waals surface area (Å²) >= 11 is 5.78. The van der Waals surface area contributed by atoms with Crippen LogP contribution in [0.1, 0.15) is 16.1 Å². The highest BCUT2D eigenvalue weighted by molar-refractivity contribution is 6.31. The van der Waals surface area contributed by atoms with Gasteiger partial charge in [-0.05, 0) is 13.0 Å². The molecule has 2 aromatic heterocycles. The van der Waals surface area contributed by atoms with E-state index in [4.69, 9.17) is 16.7 Å². The minimum atomic E-state index is -1.02. The van der Waals surface area contributed by atoms with E-state index in [1.165, 1.54) is 6.07 Å². The molecule has 4 nitrogen and oxygen atoms in total. The number of halogens is 2. The minimum absolute atomic E-state index is 0. The summed E-state index contributed by atoms with van der Waals surface area (Å²) in [5, 5.41) is 9.29. The van der Waals surface area contributed by atoms with Crippen molar-refractivity contribution in [3.05, 3.63) is 34.7 Å². The van der Waals surface area contributed by atoms with Crippen LogP contribution in [0, 0.1) is 6.92 Å². The summed E-state index contributed by atoms with van der Waals surface area (Å²) in [5.74, 6) is -1.02. The first-order chi connectivity index (χ1) is 6.59. The van der Waals surface area contributed by atoms with Crippen LogP contribution >= 0.6 is 24.0 Å². The van der Waals surface area contributed by atoms with Crippen molar-refractivity contribution in [2.24, 2.45) is 0 Å². The summed E-state index contributed by atoms with van der Waals surface area (Å²) in [5.41, 5.74) is 1.38. The van der Waals surface area contributed by atoms with Gasteiger partial charge in [0.1, 0.15) is 5.56 Å². The standard InChI is InChI=1S/C9H7ClN2O2.ClH/c1-5-3-11-8-7(9(13)14)2-6(10)4-12(5)8;/h2-4H,1H3,(H,13,14);1H. The molecule has 1 N–H and O–H groups in total. The lowest BCUT2D eigenvalue weighted by atomic mass is 10.3. The number of hydrogen-bond donors (Lipinski definition) is 1. The zero-order chi connectivity index (χ0) is 10.3. The quantitative estimate of drug-likeness (QED) is 0.841. The molecule has 0 amide bonds. The summed E-state index contributed by atoms with van der Waals surface area (Å²) in [6.45, 7) is 1.84. The Hall–Kier alpha value is -1.26. The number of rotatable bonds is 1. The number of aryl methyl sites for hydroxylation is 1. The van der Waals surface area contributed by atoms with Gasteiger partial charge in [0.2, 0.25) is 0 Å². The summed E-state index contributed by atoms with van der Waals surface area (Å²) < 4.78 is 1.66. The molecule has 0 saturated carbocycles. The van der Waals surface area contributed by atoms with E-state index in [1.807, 2.05) is 6.92 Å². The van der Waals surface area contributed by atoms with Crippen LogP contribution in [-0.2, 0) is 0 Å². The molecule has 15 heavy (non-hydrogen) atoms. The SMILES string of the molecule is Cc1cnc2c(C(=O)O)cc(Cl)cn12.Cl. The Balaban J connectivity index is 0.00000112. The normalized spacial score (nSPS) is 10.0. The van der Waals surface area contributed by atoms with Gasteiger partial charge in [0.05, 0.1) is 5.02 Å². The van der Waals surface area contributed by atoms with Gasteiger partial charge < -0.3 is 9.51 Å². The van der Waals surface area contributed by atoms with Crippen molar-refractivity contribution in [2.75, 3.05) is 0 Å². The lowest BCUT2D eigenvalue weighted by molar-refractivity contribution is 0.0698. The first kappa shape index (κ1) is 11.8. The highest BCUT2D eigenvalue weighted by atomic mass is 35.5. The number of carbonyl (C=O) groups is 1. The second-order valence-electron chi connectivity index (χ2n) is 2.97. The third-order valence-electron chi connectivity index (χ3n) is 1.99. The molecule has 0 aromatic carbocycles. The first-order valence-corrected chi connectivity index (χ1v) is 4.34. The van der Waals surface area contributed by atoms with Crippen molar-refractivity contribution < 1.29 is 9.90 Å². The number of aromatic nitrogens is 2. The van der Waals surface area contributed by atoms with Gasteiger partial charge in [0.25, 0.3) is 0 Å². The summed E-state index contributed by atoms with van der Waals surface area (Å²) in [4.78, 5) is 14.9.